The molecule has 0 spiro atoms. The number of aliphatic carboxylic acids is 1. The number of hydrogen-bond donors (Lipinski definition) is 2. The van der Waals surface area contributed by atoms with Gasteiger partial charge in [0.15, 0.2) is 0 Å². The summed E-state index contributed by atoms with van der Waals surface area (Å²) in [6.45, 7) is 0. The highest BCUT2D eigenvalue weighted by atomic mass is 35.5. The molecule has 21 heavy (non-hydrogen) atoms. The Morgan fingerprint density at radius 3 is 2.29 bits per heavy atom. The van der Waals surface area contributed by atoms with Crippen LogP contribution < -0.4 is 0 Å². The molecule has 5 heteroatoms. The molecule has 108 valence electrons. The van der Waals surface area contributed by atoms with E-state index in [4.69, 9.17) is 16.7 Å². The zero-order chi connectivity index (χ0) is 15.4. The molecule has 2 N–H and O–H groups in total. The van der Waals surface area contributed by atoms with Crippen LogP contribution in [0.4, 0.5) is 0 Å². The summed E-state index contributed by atoms with van der Waals surface area (Å²) >= 11 is 5.80. The molecule has 0 fully saturated rings. The average Bonchev–Trinajstić information content (AvgIpc) is 2.46. The van der Waals surface area contributed by atoms with Crippen molar-refractivity contribution < 1.29 is 19.8 Å². The van der Waals surface area contributed by atoms with E-state index in [-0.39, 0.29) is 12.0 Å². The SMILES string of the molecule is O=C(O)c1cccc(C(Cc2ccc(Cl)cc2)C(=O)O)c1. The van der Waals surface area contributed by atoms with E-state index in [1.807, 2.05) is 0 Å². The highest BCUT2D eigenvalue weighted by Gasteiger charge is 2.21. The number of aromatic carboxylic acids is 1. The van der Waals surface area contributed by atoms with E-state index in [1.165, 1.54) is 12.1 Å². The Morgan fingerprint density at radius 2 is 1.71 bits per heavy atom. The topological polar surface area (TPSA) is 74.6 Å². The van der Waals surface area contributed by atoms with Gasteiger partial charge in [-0.05, 0) is 41.8 Å². The minimum absolute atomic E-state index is 0.0786. The summed E-state index contributed by atoms with van der Waals surface area (Å²) in [6.07, 6.45) is 0.273. The molecule has 0 aliphatic rings. The third kappa shape index (κ3) is 3.83. The lowest BCUT2D eigenvalue weighted by Crippen LogP contribution is -2.15. The van der Waals surface area contributed by atoms with Gasteiger partial charge >= 0.3 is 11.9 Å². The van der Waals surface area contributed by atoms with Gasteiger partial charge in [-0.1, -0.05) is 35.9 Å². The second-order valence-corrected chi connectivity index (χ2v) is 5.09. The van der Waals surface area contributed by atoms with Gasteiger partial charge in [0.1, 0.15) is 0 Å². The van der Waals surface area contributed by atoms with Crippen LogP contribution in [0.1, 0.15) is 27.4 Å². The zero-order valence-corrected chi connectivity index (χ0v) is 11.7. The lowest BCUT2D eigenvalue weighted by atomic mass is 9.91. The van der Waals surface area contributed by atoms with Crippen molar-refractivity contribution in [3.05, 3.63) is 70.2 Å². The first-order chi connectivity index (χ1) is 9.97. The van der Waals surface area contributed by atoms with Crippen molar-refractivity contribution in [1.29, 1.82) is 0 Å². The third-order valence-electron chi connectivity index (χ3n) is 3.19. The molecule has 0 aliphatic carbocycles. The Labute approximate surface area is 126 Å². The molecule has 0 aromatic heterocycles. The largest absolute Gasteiger partial charge is 0.481 e. The predicted molar refractivity (Wildman–Crippen MR) is 78.9 cm³/mol. The normalized spacial score (nSPS) is 11.9. The van der Waals surface area contributed by atoms with E-state index in [0.717, 1.165) is 5.56 Å². The highest BCUT2D eigenvalue weighted by Crippen LogP contribution is 2.23. The summed E-state index contributed by atoms with van der Waals surface area (Å²) in [5, 5.41) is 19.0. The quantitative estimate of drug-likeness (QED) is 0.887. The van der Waals surface area contributed by atoms with Crippen molar-refractivity contribution in [2.24, 2.45) is 0 Å². The van der Waals surface area contributed by atoms with Gasteiger partial charge < -0.3 is 10.2 Å². The molecule has 4 nitrogen and oxygen atoms in total. The summed E-state index contributed by atoms with van der Waals surface area (Å²) in [6, 6.07) is 12.9. The Morgan fingerprint density at radius 1 is 1.05 bits per heavy atom. The maximum Gasteiger partial charge on any atom is 0.335 e. The standard InChI is InChI=1S/C16H13ClO4/c17-13-6-4-10(5-7-13)8-14(16(20)21)11-2-1-3-12(9-11)15(18)19/h1-7,9,14H,8H2,(H,18,19)(H,20,21). The summed E-state index contributed by atoms with van der Waals surface area (Å²) in [5.41, 5.74) is 1.37. The summed E-state index contributed by atoms with van der Waals surface area (Å²) < 4.78 is 0. The van der Waals surface area contributed by atoms with E-state index < -0.39 is 17.9 Å². The number of rotatable bonds is 5. The fourth-order valence-electron chi connectivity index (χ4n) is 2.09. The molecule has 1 atom stereocenters. The number of hydrogen-bond acceptors (Lipinski definition) is 2. The smallest absolute Gasteiger partial charge is 0.335 e. The van der Waals surface area contributed by atoms with Crippen LogP contribution in [0, 0.1) is 0 Å². The number of halogens is 1. The first kappa shape index (κ1) is 15.1. The second kappa shape index (κ2) is 6.41. The Bertz CT molecular complexity index is 664. The molecule has 1 unspecified atom stereocenters. The molecule has 2 aromatic carbocycles. The minimum Gasteiger partial charge on any atom is -0.481 e. The molecule has 0 amide bonds. The molecule has 0 saturated heterocycles. The molecule has 0 radical (unpaired) electrons. The van der Waals surface area contributed by atoms with Gasteiger partial charge in [-0.3, -0.25) is 4.79 Å². The van der Waals surface area contributed by atoms with Gasteiger partial charge in [0.25, 0.3) is 0 Å². The second-order valence-electron chi connectivity index (χ2n) is 4.65. The van der Waals surface area contributed by atoms with Crippen LogP contribution in [0.15, 0.2) is 48.5 Å². The lowest BCUT2D eigenvalue weighted by Gasteiger charge is -2.13. The van der Waals surface area contributed by atoms with Crippen molar-refractivity contribution in [3.8, 4) is 0 Å². The van der Waals surface area contributed by atoms with Crippen LogP contribution in [-0.4, -0.2) is 22.2 Å². The fourth-order valence-corrected chi connectivity index (χ4v) is 2.22. The predicted octanol–water partition coefficient (Wildman–Crippen LogP) is 3.45. The third-order valence-corrected chi connectivity index (χ3v) is 3.44. The van der Waals surface area contributed by atoms with Gasteiger partial charge in [-0.25, -0.2) is 4.79 Å². The van der Waals surface area contributed by atoms with Gasteiger partial charge in [0, 0.05) is 5.02 Å². The molecule has 0 heterocycles. The van der Waals surface area contributed by atoms with Gasteiger partial charge in [-0.15, -0.1) is 0 Å². The number of benzene rings is 2. The fraction of sp³-hybridized carbons (Fsp3) is 0.125. The van der Waals surface area contributed by atoms with Crippen LogP contribution in [0.25, 0.3) is 0 Å². The Balaban J connectivity index is 2.31. The van der Waals surface area contributed by atoms with Crippen molar-refractivity contribution >= 4 is 23.5 Å². The van der Waals surface area contributed by atoms with Crippen LogP contribution in [0.3, 0.4) is 0 Å². The number of carboxylic acids is 2. The van der Waals surface area contributed by atoms with Gasteiger partial charge in [0.05, 0.1) is 11.5 Å². The highest BCUT2D eigenvalue weighted by molar-refractivity contribution is 6.30. The summed E-state index contributed by atoms with van der Waals surface area (Å²) in [5.74, 6) is -2.87. The van der Waals surface area contributed by atoms with E-state index >= 15 is 0 Å². The first-order valence-electron chi connectivity index (χ1n) is 6.28. The maximum atomic E-state index is 11.5. The zero-order valence-electron chi connectivity index (χ0n) is 11.0. The van der Waals surface area contributed by atoms with Crippen LogP contribution >= 0.6 is 11.6 Å². The lowest BCUT2D eigenvalue weighted by molar-refractivity contribution is -0.138. The molecule has 0 aliphatic heterocycles. The van der Waals surface area contributed by atoms with Crippen molar-refractivity contribution in [1.82, 2.24) is 0 Å². The molecular weight excluding hydrogens is 292 g/mol. The molecule has 2 rings (SSSR count). The van der Waals surface area contributed by atoms with E-state index in [0.29, 0.717) is 10.6 Å². The molecule has 2 aromatic rings. The van der Waals surface area contributed by atoms with Crippen molar-refractivity contribution in [3.63, 3.8) is 0 Å². The number of carboxylic acid groups (broad SMARTS) is 2. The van der Waals surface area contributed by atoms with Crippen LogP contribution in [0.2, 0.25) is 5.02 Å². The van der Waals surface area contributed by atoms with E-state index in [1.54, 1.807) is 36.4 Å². The summed E-state index contributed by atoms with van der Waals surface area (Å²) in [4.78, 5) is 22.5. The Hall–Kier alpha value is -2.33. The van der Waals surface area contributed by atoms with Crippen LogP contribution in [0.5, 0.6) is 0 Å². The van der Waals surface area contributed by atoms with Crippen molar-refractivity contribution in [2.45, 2.75) is 12.3 Å². The minimum atomic E-state index is -1.08. The molecule has 0 saturated carbocycles. The monoisotopic (exact) mass is 304 g/mol. The average molecular weight is 305 g/mol. The maximum absolute atomic E-state index is 11.5. The number of carbonyl (C=O) groups is 2. The van der Waals surface area contributed by atoms with Gasteiger partial charge in [0.2, 0.25) is 0 Å². The van der Waals surface area contributed by atoms with Crippen LogP contribution in [-0.2, 0) is 11.2 Å². The van der Waals surface area contributed by atoms with E-state index in [2.05, 4.69) is 0 Å². The van der Waals surface area contributed by atoms with Gasteiger partial charge in [-0.2, -0.15) is 0 Å². The molecule has 0 bridgehead atoms. The van der Waals surface area contributed by atoms with Crippen molar-refractivity contribution in [2.75, 3.05) is 0 Å². The summed E-state index contributed by atoms with van der Waals surface area (Å²) in [7, 11) is 0. The molecular formula is C16H13ClO4. The van der Waals surface area contributed by atoms with E-state index in [9.17, 15) is 14.7 Å². The Kier molecular flexibility index (Phi) is 4.60. The first-order valence-corrected chi connectivity index (χ1v) is 6.65.